The molecule has 2 aromatic rings. The van der Waals surface area contributed by atoms with Gasteiger partial charge in [-0.2, -0.15) is 0 Å². The third kappa shape index (κ3) is 4.58. The zero-order valence-corrected chi connectivity index (χ0v) is 16.2. The van der Waals surface area contributed by atoms with Crippen LogP contribution in [0.5, 0.6) is 5.75 Å². The van der Waals surface area contributed by atoms with Gasteiger partial charge in [-0.25, -0.2) is 0 Å². The summed E-state index contributed by atoms with van der Waals surface area (Å²) in [5, 5.41) is 24.0. The number of carbonyl (C=O) groups excluding carboxylic acids is 1. The number of benzene rings is 1. The number of nitrogens with zero attached hydrogens (tertiary/aromatic N) is 2. The van der Waals surface area contributed by atoms with E-state index < -0.39 is 12.2 Å². The molecule has 7 nitrogen and oxygen atoms in total. The number of hydrogen-bond acceptors (Lipinski definition) is 6. The Labute approximate surface area is 170 Å². The molecule has 1 saturated carbocycles. The summed E-state index contributed by atoms with van der Waals surface area (Å²) in [4.78, 5) is 19.0. The predicted molar refractivity (Wildman–Crippen MR) is 108 cm³/mol. The van der Waals surface area contributed by atoms with Crippen LogP contribution in [0.3, 0.4) is 0 Å². The van der Waals surface area contributed by atoms with Crippen LogP contribution < -0.4 is 10.1 Å². The van der Waals surface area contributed by atoms with E-state index in [9.17, 15) is 15.0 Å². The van der Waals surface area contributed by atoms with E-state index in [1.54, 1.807) is 24.4 Å². The third-order valence-electron chi connectivity index (χ3n) is 5.79. The van der Waals surface area contributed by atoms with Gasteiger partial charge >= 0.3 is 0 Å². The molecule has 0 bridgehead atoms. The minimum absolute atomic E-state index is 0.259. The Bertz CT molecular complexity index is 796. The maximum absolute atomic E-state index is 12.7. The molecule has 3 N–H and O–H groups in total. The Kier molecular flexibility index (Phi) is 6.08. The number of ether oxygens (including phenoxy) is 1. The van der Waals surface area contributed by atoms with Crippen molar-refractivity contribution >= 4 is 5.91 Å². The largest absolute Gasteiger partial charge is 0.488 e. The van der Waals surface area contributed by atoms with Crippen LogP contribution >= 0.6 is 0 Å². The van der Waals surface area contributed by atoms with Crippen LogP contribution in [0.15, 0.2) is 54.7 Å². The second-order valence-corrected chi connectivity index (χ2v) is 7.75. The molecular formula is C22H27N3O4. The zero-order chi connectivity index (χ0) is 20.2. The molecule has 0 spiro atoms. The maximum Gasteiger partial charge on any atom is 0.270 e. The molecule has 1 saturated heterocycles. The molecule has 7 heteroatoms. The standard InChI is InChI=1S/C22H27N3O4/c26-15-9-12-25(13-10-15)20-18(24-22(28)17-8-4-5-11-23-17)14-19(21(20)27)29-16-6-2-1-3-7-16/h1-8,11,15,18-21,26-27H,9-10,12-14H2,(H,24,28)/t18-,19-,20+,21+/m1/s1. The van der Waals surface area contributed by atoms with Gasteiger partial charge in [0.05, 0.1) is 18.2 Å². The first kappa shape index (κ1) is 19.8. The molecular weight excluding hydrogens is 370 g/mol. The van der Waals surface area contributed by atoms with Crippen molar-refractivity contribution in [2.75, 3.05) is 13.1 Å². The van der Waals surface area contributed by atoms with Gasteiger partial charge in [0.1, 0.15) is 23.7 Å². The van der Waals surface area contributed by atoms with E-state index in [4.69, 9.17) is 4.74 Å². The van der Waals surface area contributed by atoms with Crippen LogP contribution in [0, 0.1) is 0 Å². The number of nitrogens with one attached hydrogen (secondary N) is 1. The number of hydrogen-bond donors (Lipinski definition) is 3. The molecule has 2 fully saturated rings. The fourth-order valence-corrected chi connectivity index (χ4v) is 4.32. The molecule has 4 atom stereocenters. The predicted octanol–water partition coefficient (Wildman–Crippen LogP) is 1.22. The molecule has 29 heavy (non-hydrogen) atoms. The van der Waals surface area contributed by atoms with Gasteiger partial charge in [-0.1, -0.05) is 24.3 Å². The molecule has 1 aromatic heterocycles. The lowest BCUT2D eigenvalue weighted by Gasteiger charge is -2.38. The van der Waals surface area contributed by atoms with Crippen molar-refractivity contribution in [2.45, 2.75) is 49.7 Å². The summed E-state index contributed by atoms with van der Waals surface area (Å²) >= 11 is 0. The van der Waals surface area contributed by atoms with Gasteiger partial charge in [0.2, 0.25) is 0 Å². The van der Waals surface area contributed by atoms with Crippen LogP contribution in [0.4, 0.5) is 0 Å². The highest BCUT2D eigenvalue weighted by Gasteiger charge is 2.48. The van der Waals surface area contributed by atoms with Crippen molar-refractivity contribution in [3.63, 3.8) is 0 Å². The lowest BCUT2D eigenvalue weighted by Crippen LogP contribution is -2.56. The first-order chi connectivity index (χ1) is 14.1. The van der Waals surface area contributed by atoms with Gasteiger partial charge in [0, 0.05) is 25.7 Å². The van der Waals surface area contributed by atoms with Crippen molar-refractivity contribution in [1.29, 1.82) is 0 Å². The Morgan fingerprint density at radius 2 is 1.79 bits per heavy atom. The van der Waals surface area contributed by atoms with Gasteiger partial charge in [0.25, 0.3) is 5.91 Å². The smallest absolute Gasteiger partial charge is 0.270 e. The molecule has 2 aliphatic rings. The van der Waals surface area contributed by atoms with Crippen molar-refractivity contribution in [1.82, 2.24) is 15.2 Å². The highest BCUT2D eigenvalue weighted by molar-refractivity contribution is 5.92. The number of piperidine rings is 1. The van der Waals surface area contributed by atoms with Crippen LogP contribution in [0.25, 0.3) is 0 Å². The summed E-state index contributed by atoms with van der Waals surface area (Å²) in [6.45, 7) is 1.35. The summed E-state index contributed by atoms with van der Waals surface area (Å²) in [5.41, 5.74) is 0.349. The summed E-state index contributed by atoms with van der Waals surface area (Å²) in [6, 6.07) is 14.1. The summed E-state index contributed by atoms with van der Waals surface area (Å²) in [6.07, 6.45) is 1.93. The first-order valence-corrected chi connectivity index (χ1v) is 10.2. The molecule has 1 aliphatic carbocycles. The van der Waals surface area contributed by atoms with Crippen LogP contribution in [0.2, 0.25) is 0 Å². The highest BCUT2D eigenvalue weighted by Crippen LogP contribution is 2.31. The number of carbonyl (C=O) groups is 1. The van der Waals surface area contributed by atoms with Gasteiger partial charge in [-0.05, 0) is 37.1 Å². The number of aromatic nitrogens is 1. The summed E-state index contributed by atoms with van der Waals surface area (Å²) < 4.78 is 6.05. The lowest BCUT2D eigenvalue weighted by molar-refractivity contribution is -0.0145. The van der Waals surface area contributed by atoms with E-state index in [2.05, 4.69) is 15.2 Å². The van der Waals surface area contributed by atoms with Crippen molar-refractivity contribution in [3.8, 4) is 5.75 Å². The van der Waals surface area contributed by atoms with Gasteiger partial charge in [-0.15, -0.1) is 0 Å². The van der Waals surface area contributed by atoms with Crippen molar-refractivity contribution in [2.24, 2.45) is 0 Å². The quantitative estimate of drug-likeness (QED) is 0.702. The zero-order valence-electron chi connectivity index (χ0n) is 16.2. The van der Waals surface area contributed by atoms with Crippen LogP contribution in [-0.2, 0) is 0 Å². The normalized spacial score (nSPS) is 28.2. The number of aliphatic hydroxyl groups excluding tert-OH is 2. The van der Waals surface area contributed by atoms with Crippen LogP contribution in [-0.4, -0.2) is 69.5 Å². The number of pyridine rings is 1. The molecule has 1 amide bonds. The molecule has 1 aromatic carbocycles. The topological polar surface area (TPSA) is 94.9 Å². The van der Waals surface area contributed by atoms with Gasteiger partial charge < -0.3 is 20.3 Å². The van der Waals surface area contributed by atoms with Crippen molar-refractivity contribution < 1.29 is 19.7 Å². The minimum atomic E-state index is -0.750. The van der Waals surface area contributed by atoms with E-state index in [1.165, 1.54) is 0 Å². The molecule has 0 radical (unpaired) electrons. The van der Waals surface area contributed by atoms with E-state index in [-0.39, 0.29) is 24.1 Å². The fraction of sp³-hybridized carbons (Fsp3) is 0.455. The Morgan fingerprint density at radius 1 is 1.07 bits per heavy atom. The average molecular weight is 397 g/mol. The second kappa shape index (κ2) is 8.90. The molecule has 2 heterocycles. The third-order valence-corrected chi connectivity index (χ3v) is 5.79. The SMILES string of the molecule is O=C(N[C@@H]1C[C@@H](Oc2ccccc2)[C@H](O)[C@H]1N1CCC(O)CC1)c1ccccn1. The Balaban J connectivity index is 1.52. The monoisotopic (exact) mass is 397 g/mol. The van der Waals surface area contributed by atoms with Crippen molar-refractivity contribution in [3.05, 3.63) is 60.4 Å². The Morgan fingerprint density at radius 3 is 2.48 bits per heavy atom. The highest BCUT2D eigenvalue weighted by atomic mass is 16.5. The number of likely N-dealkylation sites (tertiary alicyclic amines) is 1. The van der Waals surface area contributed by atoms with Gasteiger partial charge in [-0.3, -0.25) is 14.7 Å². The first-order valence-electron chi connectivity index (χ1n) is 10.2. The fourth-order valence-electron chi connectivity index (χ4n) is 4.32. The molecule has 1 aliphatic heterocycles. The Hall–Kier alpha value is -2.48. The van der Waals surface area contributed by atoms with E-state index in [1.807, 2.05) is 30.3 Å². The second-order valence-electron chi connectivity index (χ2n) is 7.75. The number of amides is 1. The van der Waals surface area contributed by atoms with E-state index in [0.717, 1.165) is 0 Å². The maximum atomic E-state index is 12.7. The minimum Gasteiger partial charge on any atom is -0.488 e. The average Bonchev–Trinajstić information content (AvgIpc) is 3.05. The van der Waals surface area contributed by atoms with E-state index >= 15 is 0 Å². The van der Waals surface area contributed by atoms with Crippen LogP contribution in [0.1, 0.15) is 29.8 Å². The molecule has 0 unspecified atom stereocenters. The summed E-state index contributed by atoms with van der Waals surface area (Å²) in [5.74, 6) is 0.436. The number of para-hydroxylation sites is 1. The lowest BCUT2D eigenvalue weighted by atomic mass is 10.0. The molecule has 154 valence electrons. The van der Waals surface area contributed by atoms with Gasteiger partial charge in [0.15, 0.2) is 0 Å². The summed E-state index contributed by atoms with van der Waals surface area (Å²) in [7, 11) is 0. The van der Waals surface area contributed by atoms with E-state index in [0.29, 0.717) is 43.8 Å². The number of rotatable bonds is 5. The number of aliphatic hydroxyl groups is 2. The molecule has 4 rings (SSSR count).